The summed E-state index contributed by atoms with van der Waals surface area (Å²) in [6.07, 6.45) is 0. The molecule has 9 heteroatoms. The highest BCUT2D eigenvalue weighted by atomic mass is 32.2. The van der Waals surface area contributed by atoms with Gasteiger partial charge in [0, 0.05) is 25.7 Å². The molecule has 0 heterocycles. The van der Waals surface area contributed by atoms with Crippen molar-refractivity contribution in [2.75, 3.05) is 13.6 Å². The van der Waals surface area contributed by atoms with Gasteiger partial charge in [-0.15, -0.1) is 0 Å². The first-order valence-electron chi connectivity index (χ1n) is 5.20. The number of nitrogens with zero attached hydrogens (tertiary/aromatic N) is 2. The van der Waals surface area contributed by atoms with Gasteiger partial charge in [0.05, 0.1) is 10.5 Å². The Bertz CT molecular complexity index is 625. The van der Waals surface area contributed by atoms with Crippen LogP contribution in [0, 0.1) is 10.1 Å². The van der Waals surface area contributed by atoms with E-state index in [1.54, 1.807) is 6.92 Å². The average molecular weight is 288 g/mol. The van der Waals surface area contributed by atoms with E-state index in [9.17, 15) is 23.3 Å². The minimum atomic E-state index is -4.73. The van der Waals surface area contributed by atoms with Crippen LogP contribution in [0.15, 0.2) is 23.1 Å². The molecule has 19 heavy (non-hydrogen) atoms. The Balaban J connectivity index is 3.49. The Morgan fingerprint density at radius 2 is 2.05 bits per heavy atom. The molecule has 1 N–H and O–H groups in total. The van der Waals surface area contributed by atoms with Crippen molar-refractivity contribution in [3.63, 3.8) is 0 Å². The third kappa shape index (κ3) is 3.26. The van der Waals surface area contributed by atoms with Crippen molar-refractivity contribution in [3.8, 4) is 0 Å². The summed E-state index contributed by atoms with van der Waals surface area (Å²) in [6.45, 7) is 2.00. The predicted octanol–water partition coefficient (Wildman–Crippen LogP) is 0.933. The van der Waals surface area contributed by atoms with Gasteiger partial charge in [0.15, 0.2) is 0 Å². The summed E-state index contributed by atoms with van der Waals surface area (Å²) in [5.74, 6) is -0.648. The van der Waals surface area contributed by atoms with E-state index in [1.807, 2.05) is 0 Å². The number of rotatable bonds is 4. The molecule has 0 bridgehead atoms. The first kappa shape index (κ1) is 15.1. The smallest absolute Gasteiger partial charge is 0.295 e. The lowest BCUT2D eigenvalue weighted by atomic mass is 10.2. The van der Waals surface area contributed by atoms with Gasteiger partial charge in [-0.3, -0.25) is 19.5 Å². The molecule has 0 aliphatic carbocycles. The molecule has 1 amide bonds. The second-order valence-corrected chi connectivity index (χ2v) is 5.12. The monoisotopic (exact) mass is 288 g/mol. The van der Waals surface area contributed by atoms with E-state index < -0.39 is 31.5 Å². The van der Waals surface area contributed by atoms with Crippen molar-refractivity contribution in [2.24, 2.45) is 0 Å². The van der Waals surface area contributed by atoms with Gasteiger partial charge in [-0.2, -0.15) is 8.42 Å². The van der Waals surface area contributed by atoms with Crippen molar-refractivity contribution < 1.29 is 22.7 Å². The SMILES string of the molecule is CCN(C)C(=O)c1ccc([N+](=O)[O-])cc1S(=O)(=O)O. The van der Waals surface area contributed by atoms with E-state index in [0.29, 0.717) is 12.6 Å². The lowest BCUT2D eigenvalue weighted by Gasteiger charge is -2.15. The summed E-state index contributed by atoms with van der Waals surface area (Å²) in [7, 11) is -3.29. The number of hydrogen-bond acceptors (Lipinski definition) is 5. The van der Waals surface area contributed by atoms with E-state index >= 15 is 0 Å². The van der Waals surface area contributed by atoms with Gasteiger partial charge in [0.2, 0.25) is 0 Å². The van der Waals surface area contributed by atoms with Crippen molar-refractivity contribution in [3.05, 3.63) is 33.9 Å². The normalized spacial score (nSPS) is 11.1. The van der Waals surface area contributed by atoms with Crippen molar-refractivity contribution in [1.82, 2.24) is 4.90 Å². The number of benzene rings is 1. The van der Waals surface area contributed by atoms with Crippen LogP contribution in [0.3, 0.4) is 0 Å². The van der Waals surface area contributed by atoms with Crippen LogP contribution in [-0.4, -0.2) is 42.3 Å². The van der Waals surface area contributed by atoms with Gasteiger partial charge in [-0.05, 0) is 13.0 Å². The highest BCUT2D eigenvalue weighted by molar-refractivity contribution is 7.86. The maximum absolute atomic E-state index is 11.9. The number of nitro groups is 1. The van der Waals surface area contributed by atoms with Crippen LogP contribution < -0.4 is 0 Å². The van der Waals surface area contributed by atoms with Crippen LogP contribution >= 0.6 is 0 Å². The van der Waals surface area contributed by atoms with E-state index in [1.165, 1.54) is 11.9 Å². The van der Waals surface area contributed by atoms with Crippen LogP contribution in [0.1, 0.15) is 17.3 Å². The van der Waals surface area contributed by atoms with Gasteiger partial charge in [0.1, 0.15) is 4.90 Å². The van der Waals surface area contributed by atoms with Crippen LogP contribution in [0.2, 0.25) is 0 Å². The molecule has 0 saturated heterocycles. The maximum Gasteiger partial charge on any atom is 0.295 e. The maximum atomic E-state index is 11.9. The Morgan fingerprint density at radius 3 is 2.47 bits per heavy atom. The molecule has 0 saturated carbocycles. The van der Waals surface area contributed by atoms with Gasteiger partial charge in [-0.1, -0.05) is 0 Å². The highest BCUT2D eigenvalue weighted by Gasteiger charge is 2.25. The Morgan fingerprint density at radius 1 is 1.47 bits per heavy atom. The van der Waals surface area contributed by atoms with Crippen LogP contribution in [-0.2, 0) is 10.1 Å². The largest absolute Gasteiger partial charge is 0.342 e. The quantitative estimate of drug-likeness (QED) is 0.500. The minimum Gasteiger partial charge on any atom is -0.342 e. The molecule has 0 aromatic heterocycles. The summed E-state index contributed by atoms with van der Waals surface area (Å²) < 4.78 is 31.5. The number of amides is 1. The van der Waals surface area contributed by atoms with Crippen LogP contribution in [0.4, 0.5) is 5.69 Å². The molecule has 0 unspecified atom stereocenters. The molecule has 0 spiro atoms. The fourth-order valence-corrected chi connectivity index (χ4v) is 2.07. The van der Waals surface area contributed by atoms with Gasteiger partial charge in [-0.25, -0.2) is 0 Å². The first-order valence-corrected chi connectivity index (χ1v) is 6.64. The average Bonchev–Trinajstić information content (AvgIpc) is 2.35. The number of non-ortho nitro benzene ring substituents is 1. The zero-order valence-electron chi connectivity index (χ0n) is 10.2. The lowest BCUT2D eigenvalue weighted by Crippen LogP contribution is -2.27. The Hall–Kier alpha value is -2.00. The molecule has 0 fully saturated rings. The fourth-order valence-electron chi connectivity index (χ4n) is 1.36. The summed E-state index contributed by atoms with van der Waals surface area (Å²) >= 11 is 0. The molecule has 0 aliphatic rings. The van der Waals surface area contributed by atoms with Crippen molar-refractivity contribution >= 4 is 21.7 Å². The molecular formula is C10H12N2O6S. The second kappa shape index (κ2) is 5.33. The third-order valence-electron chi connectivity index (χ3n) is 2.51. The molecule has 0 aliphatic heterocycles. The lowest BCUT2D eigenvalue weighted by molar-refractivity contribution is -0.385. The first-order chi connectivity index (χ1) is 8.68. The number of nitro benzene ring substituents is 1. The fraction of sp³-hybridized carbons (Fsp3) is 0.300. The molecule has 104 valence electrons. The van der Waals surface area contributed by atoms with Gasteiger partial charge < -0.3 is 4.90 Å². The topological polar surface area (TPSA) is 118 Å². The van der Waals surface area contributed by atoms with Crippen LogP contribution in [0.25, 0.3) is 0 Å². The Kier molecular flexibility index (Phi) is 4.22. The second-order valence-electron chi connectivity index (χ2n) is 3.73. The number of carbonyl (C=O) groups excluding carboxylic acids is 1. The predicted molar refractivity (Wildman–Crippen MR) is 65.5 cm³/mol. The van der Waals surface area contributed by atoms with Gasteiger partial charge >= 0.3 is 0 Å². The van der Waals surface area contributed by atoms with Crippen molar-refractivity contribution in [1.29, 1.82) is 0 Å². The number of carbonyl (C=O) groups is 1. The molecule has 0 radical (unpaired) electrons. The Labute approximate surface area is 109 Å². The molecule has 1 aromatic carbocycles. The number of hydrogen-bond donors (Lipinski definition) is 1. The summed E-state index contributed by atoms with van der Waals surface area (Å²) in [4.78, 5) is 22.1. The summed E-state index contributed by atoms with van der Waals surface area (Å²) in [6, 6.07) is 2.67. The standard InChI is InChI=1S/C10H12N2O6S/c1-3-11(2)10(13)8-5-4-7(12(14)15)6-9(8)19(16,17)18/h4-6H,3H2,1-2H3,(H,16,17,18). The van der Waals surface area contributed by atoms with E-state index in [4.69, 9.17) is 4.55 Å². The van der Waals surface area contributed by atoms with E-state index in [0.717, 1.165) is 12.1 Å². The molecule has 1 aromatic rings. The zero-order valence-corrected chi connectivity index (χ0v) is 11.0. The van der Waals surface area contributed by atoms with E-state index in [2.05, 4.69) is 0 Å². The third-order valence-corrected chi connectivity index (χ3v) is 3.40. The van der Waals surface area contributed by atoms with Gasteiger partial charge in [0.25, 0.3) is 21.7 Å². The summed E-state index contributed by atoms with van der Waals surface area (Å²) in [5, 5.41) is 10.6. The van der Waals surface area contributed by atoms with Crippen molar-refractivity contribution in [2.45, 2.75) is 11.8 Å². The van der Waals surface area contributed by atoms with Crippen LogP contribution in [0.5, 0.6) is 0 Å². The van der Waals surface area contributed by atoms with E-state index in [-0.39, 0.29) is 5.56 Å². The minimum absolute atomic E-state index is 0.308. The highest BCUT2D eigenvalue weighted by Crippen LogP contribution is 2.23. The molecule has 8 nitrogen and oxygen atoms in total. The molecule has 1 rings (SSSR count). The molecule has 0 atom stereocenters. The zero-order chi connectivity index (χ0) is 14.8. The molecular weight excluding hydrogens is 276 g/mol. The summed E-state index contributed by atoms with van der Waals surface area (Å²) in [5.41, 5.74) is -0.833.